The maximum atomic E-state index is 12.1. The van der Waals surface area contributed by atoms with Crippen LogP contribution < -0.4 is 19.2 Å². The first-order valence-corrected chi connectivity index (χ1v) is 12.8. The van der Waals surface area contributed by atoms with Crippen molar-refractivity contribution in [2.75, 3.05) is 65.6 Å². The van der Waals surface area contributed by atoms with Crippen molar-refractivity contribution in [3.05, 3.63) is 51.0 Å². The number of nitroso groups, excluding NO2 is 1. The van der Waals surface area contributed by atoms with Crippen molar-refractivity contribution < 1.29 is 14.2 Å². The topological polar surface area (TPSA) is 104 Å². The van der Waals surface area contributed by atoms with Gasteiger partial charge in [0, 0.05) is 56.4 Å². The molecule has 0 bridgehead atoms. The summed E-state index contributed by atoms with van der Waals surface area (Å²) in [5.74, 6) is 1.24. The summed E-state index contributed by atoms with van der Waals surface area (Å²) in [5, 5.41) is 14.9. The Morgan fingerprint density at radius 3 is 2.45 bits per heavy atom. The second-order valence-electron chi connectivity index (χ2n) is 8.83. The second kappa shape index (κ2) is 12.5. The van der Waals surface area contributed by atoms with Crippen LogP contribution >= 0.6 is 23.2 Å². The lowest BCUT2D eigenvalue weighted by Crippen LogP contribution is -2.44. The number of nitrogens with zero attached hydrogens (tertiary/aromatic N) is 6. The molecule has 2 heterocycles. The summed E-state index contributed by atoms with van der Waals surface area (Å²) in [6, 6.07) is 8.40. The lowest BCUT2D eigenvalue weighted by Gasteiger charge is -2.32. The third kappa shape index (κ3) is 5.87. The predicted molar refractivity (Wildman–Crippen MR) is 148 cm³/mol. The number of ether oxygens (including phenoxy) is 3. The van der Waals surface area contributed by atoms with Gasteiger partial charge in [0.1, 0.15) is 11.8 Å². The first kappa shape index (κ1) is 27.7. The van der Waals surface area contributed by atoms with Crippen LogP contribution in [-0.2, 0) is 0 Å². The number of methoxy groups -OCH3 is 2. The van der Waals surface area contributed by atoms with Gasteiger partial charge >= 0.3 is 0 Å². The van der Waals surface area contributed by atoms with E-state index in [0.29, 0.717) is 34.8 Å². The fraction of sp³-hybridized carbons (Fsp3) is 0.385. The third-order valence-electron chi connectivity index (χ3n) is 6.46. The summed E-state index contributed by atoms with van der Waals surface area (Å²) in [6.07, 6.45) is 2.23. The van der Waals surface area contributed by atoms with Crippen molar-refractivity contribution in [2.45, 2.75) is 6.42 Å². The summed E-state index contributed by atoms with van der Waals surface area (Å²) in [5.41, 5.74) is 0.985. The maximum absolute atomic E-state index is 12.1. The molecule has 0 atom stereocenters. The van der Waals surface area contributed by atoms with Crippen molar-refractivity contribution in [1.29, 1.82) is 5.26 Å². The molecule has 3 aromatic rings. The highest BCUT2D eigenvalue weighted by Crippen LogP contribution is 2.44. The highest BCUT2D eigenvalue weighted by molar-refractivity contribution is 6.37. The van der Waals surface area contributed by atoms with Gasteiger partial charge in [-0.05, 0) is 25.6 Å². The minimum atomic E-state index is 0.116. The van der Waals surface area contributed by atoms with Crippen LogP contribution in [0.1, 0.15) is 12.0 Å². The van der Waals surface area contributed by atoms with Gasteiger partial charge in [0.05, 0.1) is 58.6 Å². The molecule has 200 valence electrons. The molecule has 10 nitrogen and oxygen atoms in total. The molecule has 1 aliphatic heterocycles. The Morgan fingerprint density at radius 2 is 1.79 bits per heavy atom. The fourth-order valence-corrected chi connectivity index (χ4v) is 4.89. The number of pyridine rings is 1. The van der Waals surface area contributed by atoms with E-state index in [1.165, 1.54) is 32.5 Å². The number of halogens is 2. The molecule has 38 heavy (non-hydrogen) atoms. The zero-order valence-corrected chi connectivity index (χ0v) is 22.9. The van der Waals surface area contributed by atoms with Crippen molar-refractivity contribution in [2.24, 2.45) is 5.29 Å². The first-order valence-electron chi connectivity index (χ1n) is 12.0. The number of hydrogen-bond donors (Lipinski definition) is 0. The number of aromatic nitrogens is 1. The van der Waals surface area contributed by atoms with Crippen LogP contribution in [0.3, 0.4) is 0 Å². The zero-order valence-electron chi connectivity index (χ0n) is 21.4. The van der Waals surface area contributed by atoms with E-state index in [1.807, 2.05) is 0 Å². The van der Waals surface area contributed by atoms with E-state index in [9.17, 15) is 10.2 Å². The SMILES string of the molecule is COc1cc(N(N=O)c2c(C#N)cnc3cc(OCCCN4CCN(C)CC4)c(OC)cc23)c(Cl)cc1Cl. The molecule has 0 spiro atoms. The number of rotatable bonds is 10. The molecule has 2 aromatic carbocycles. The molecular weight excluding hydrogens is 531 g/mol. The van der Waals surface area contributed by atoms with Gasteiger partial charge in [-0.2, -0.15) is 10.3 Å². The number of nitriles is 1. The molecule has 0 unspecified atom stereocenters. The normalized spacial score (nSPS) is 14.2. The summed E-state index contributed by atoms with van der Waals surface area (Å²) < 4.78 is 16.9. The Morgan fingerprint density at radius 1 is 1.05 bits per heavy atom. The van der Waals surface area contributed by atoms with Crippen molar-refractivity contribution in [3.8, 4) is 23.3 Å². The Kier molecular flexibility index (Phi) is 9.07. The standard InChI is InChI=1S/C26H28Cl2N6O4/c1-32-6-8-33(9-7-32)5-4-10-38-25-13-21-18(11-24(25)37-3)26(17(15-29)16-30-21)34(31-35)22-14-23(36-2)20(28)12-19(22)27/h11-14,16H,4-10H2,1-3H3. The summed E-state index contributed by atoms with van der Waals surface area (Å²) in [7, 11) is 5.10. The van der Waals surface area contributed by atoms with E-state index in [-0.39, 0.29) is 27.0 Å². The monoisotopic (exact) mass is 558 g/mol. The molecule has 4 rings (SSSR count). The molecule has 0 aliphatic carbocycles. The Labute approximate surface area is 231 Å². The summed E-state index contributed by atoms with van der Waals surface area (Å²) >= 11 is 12.6. The highest BCUT2D eigenvalue weighted by atomic mass is 35.5. The van der Waals surface area contributed by atoms with E-state index >= 15 is 0 Å². The maximum Gasteiger partial charge on any atom is 0.163 e. The Hall–Kier alpha value is -3.36. The van der Waals surface area contributed by atoms with Crippen LogP contribution in [0.2, 0.25) is 10.0 Å². The molecular formula is C26H28Cl2N6O4. The van der Waals surface area contributed by atoms with E-state index in [0.717, 1.165) is 44.2 Å². The van der Waals surface area contributed by atoms with Crippen molar-refractivity contribution in [3.63, 3.8) is 0 Å². The van der Waals surface area contributed by atoms with Gasteiger partial charge in [-0.1, -0.05) is 23.2 Å². The van der Waals surface area contributed by atoms with Crippen LogP contribution in [0.4, 0.5) is 11.4 Å². The number of piperazine rings is 1. The van der Waals surface area contributed by atoms with Crippen LogP contribution in [0.25, 0.3) is 10.9 Å². The van der Waals surface area contributed by atoms with Gasteiger partial charge in [-0.3, -0.25) is 4.98 Å². The second-order valence-corrected chi connectivity index (χ2v) is 9.65. The van der Waals surface area contributed by atoms with Gasteiger partial charge < -0.3 is 24.0 Å². The van der Waals surface area contributed by atoms with Crippen molar-refractivity contribution >= 4 is 45.5 Å². The average molecular weight is 559 g/mol. The minimum absolute atomic E-state index is 0.116. The lowest BCUT2D eigenvalue weighted by molar-refractivity contribution is 0.145. The largest absolute Gasteiger partial charge is 0.495 e. The van der Waals surface area contributed by atoms with Gasteiger partial charge in [0.2, 0.25) is 0 Å². The minimum Gasteiger partial charge on any atom is -0.495 e. The van der Waals surface area contributed by atoms with E-state index in [2.05, 4.69) is 33.2 Å². The number of fused-ring (bicyclic) bond motifs is 1. The van der Waals surface area contributed by atoms with E-state index in [1.54, 1.807) is 12.1 Å². The van der Waals surface area contributed by atoms with Crippen LogP contribution in [-0.4, -0.2) is 75.4 Å². The third-order valence-corrected chi connectivity index (χ3v) is 7.06. The van der Waals surface area contributed by atoms with Gasteiger partial charge in [0.15, 0.2) is 11.5 Å². The number of likely N-dealkylation sites (N-methyl/N-ethyl adjacent to an activating group) is 1. The summed E-state index contributed by atoms with van der Waals surface area (Å²) in [4.78, 5) is 21.3. The smallest absolute Gasteiger partial charge is 0.163 e. The molecule has 0 radical (unpaired) electrons. The molecule has 1 aliphatic rings. The molecule has 1 saturated heterocycles. The zero-order chi connectivity index (χ0) is 27.2. The quantitative estimate of drug-likeness (QED) is 0.187. The van der Waals surface area contributed by atoms with Crippen LogP contribution in [0.15, 0.2) is 35.7 Å². The number of hydrogen-bond acceptors (Lipinski definition) is 9. The summed E-state index contributed by atoms with van der Waals surface area (Å²) in [6.45, 7) is 5.68. The number of benzene rings is 2. The molecule has 1 aromatic heterocycles. The number of anilines is 2. The first-order chi connectivity index (χ1) is 18.4. The molecule has 0 saturated carbocycles. The Bertz CT molecular complexity index is 1360. The molecule has 12 heteroatoms. The molecule has 0 N–H and O–H groups in total. The Balaban J connectivity index is 1.66. The van der Waals surface area contributed by atoms with E-state index in [4.69, 9.17) is 37.4 Å². The molecule has 1 fully saturated rings. The lowest BCUT2D eigenvalue weighted by atomic mass is 10.1. The van der Waals surface area contributed by atoms with Crippen LogP contribution in [0, 0.1) is 16.2 Å². The molecule has 0 amide bonds. The van der Waals surface area contributed by atoms with Crippen molar-refractivity contribution in [1.82, 2.24) is 14.8 Å². The fourth-order valence-electron chi connectivity index (χ4n) is 4.35. The van der Waals surface area contributed by atoms with E-state index < -0.39 is 0 Å². The highest BCUT2D eigenvalue weighted by Gasteiger charge is 2.24. The van der Waals surface area contributed by atoms with Crippen LogP contribution in [0.5, 0.6) is 17.2 Å². The van der Waals surface area contributed by atoms with Gasteiger partial charge in [0.25, 0.3) is 0 Å². The average Bonchev–Trinajstić information content (AvgIpc) is 2.93. The predicted octanol–water partition coefficient (Wildman–Crippen LogP) is 5.27. The van der Waals surface area contributed by atoms with Gasteiger partial charge in [-0.25, -0.2) is 0 Å². The van der Waals surface area contributed by atoms with Gasteiger partial charge in [-0.15, -0.1) is 4.91 Å².